The van der Waals surface area contributed by atoms with Crippen molar-refractivity contribution >= 4 is 12.0 Å². The largest absolute Gasteiger partial charge is 0.624 e. The summed E-state index contributed by atoms with van der Waals surface area (Å²) in [6.45, 7) is 0. The molecule has 0 N–H and O–H groups in total. The number of benzene rings is 1. The van der Waals surface area contributed by atoms with Crippen molar-refractivity contribution in [1.29, 1.82) is 0 Å². The van der Waals surface area contributed by atoms with Crippen LogP contribution in [-0.2, 0) is 0 Å². The summed E-state index contributed by atoms with van der Waals surface area (Å²) < 4.78 is 5.60. The van der Waals surface area contributed by atoms with Crippen LogP contribution in [-0.4, -0.2) is 30.9 Å². The summed E-state index contributed by atoms with van der Waals surface area (Å²) in [5.41, 5.74) is 0.578. The van der Waals surface area contributed by atoms with Crippen LogP contribution < -0.4 is 4.74 Å². The predicted molar refractivity (Wildman–Crippen MR) is 57.6 cm³/mol. The van der Waals surface area contributed by atoms with Crippen molar-refractivity contribution in [2.45, 2.75) is 6.42 Å². The van der Waals surface area contributed by atoms with Gasteiger partial charge in [-0.3, -0.25) is 4.79 Å². The van der Waals surface area contributed by atoms with E-state index in [1.54, 1.807) is 31.4 Å². The number of ketones is 1. The minimum absolute atomic E-state index is 0.0830. The third-order valence-corrected chi connectivity index (χ3v) is 1.95. The summed E-state index contributed by atoms with van der Waals surface area (Å²) in [5.74, 6) is 0.622. The normalized spacial score (nSPS) is 11.2. The maximum Gasteiger partial charge on any atom is 0.172 e. The van der Waals surface area contributed by atoms with Gasteiger partial charge >= 0.3 is 0 Å². The molecular formula is C11H13NO3. The Bertz CT molecular complexity index is 364. The fourth-order valence-electron chi connectivity index (χ4n) is 1.11. The Morgan fingerprint density at radius 2 is 2.07 bits per heavy atom. The smallest absolute Gasteiger partial charge is 0.172 e. The minimum atomic E-state index is -0.0830. The van der Waals surface area contributed by atoms with Gasteiger partial charge < -0.3 is 9.94 Å². The zero-order valence-corrected chi connectivity index (χ0v) is 8.77. The van der Waals surface area contributed by atoms with Crippen molar-refractivity contribution < 1.29 is 14.3 Å². The summed E-state index contributed by atoms with van der Waals surface area (Å²) in [6, 6.07) is 6.79. The lowest BCUT2D eigenvalue weighted by molar-refractivity contribution is -0.418. The van der Waals surface area contributed by atoms with Crippen molar-refractivity contribution in [1.82, 2.24) is 0 Å². The van der Waals surface area contributed by atoms with E-state index in [0.29, 0.717) is 16.1 Å². The molecule has 0 heterocycles. The number of methoxy groups -OCH3 is 1. The Kier molecular flexibility index (Phi) is 3.85. The number of carbonyl (C=O) groups excluding carboxylic acids is 1. The van der Waals surface area contributed by atoms with Crippen LogP contribution in [0.1, 0.15) is 16.8 Å². The van der Waals surface area contributed by atoms with Gasteiger partial charge in [0.2, 0.25) is 0 Å². The van der Waals surface area contributed by atoms with Crippen LogP contribution in [0.3, 0.4) is 0 Å². The van der Waals surface area contributed by atoms with Crippen LogP contribution in [0.4, 0.5) is 0 Å². The van der Waals surface area contributed by atoms with Crippen LogP contribution >= 0.6 is 0 Å². The molecule has 0 aromatic heterocycles. The van der Waals surface area contributed by atoms with Gasteiger partial charge in [0.15, 0.2) is 12.0 Å². The Labute approximate surface area is 88.4 Å². The van der Waals surface area contributed by atoms with E-state index in [9.17, 15) is 10.0 Å². The first-order valence-electron chi connectivity index (χ1n) is 4.54. The van der Waals surface area contributed by atoms with Crippen molar-refractivity contribution in [3.63, 3.8) is 0 Å². The number of ether oxygens (including phenoxy) is 1. The SMILES string of the molecule is COc1ccc(C(=O)C/C=[N+](/C)[O-])cc1. The van der Waals surface area contributed by atoms with E-state index < -0.39 is 0 Å². The number of nitrogens with zero attached hydrogens (tertiary/aromatic N) is 1. The second kappa shape index (κ2) is 5.14. The summed E-state index contributed by atoms with van der Waals surface area (Å²) in [7, 11) is 2.91. The zero-order valence-electron chi connectivity index (χ0n) is 8.77. The lowest BCUT2D eigenvalue weighted by atomic mass is 10.1. The summed E-state index contributed by atoms with van der Waals surface area (Å²) in [4.78, 5) is 11.5. The maximum atomic E-state index is 11.5. The van der Waals surface area contributed by atoms with Crippen molar-refractivity contribution in [2.75, 3.05) is 14.2 Å². The molecule has 0 bridgehead atoms. The number of rotatable bonds is 4. The van der Waals surface area contributed by atoms with Gasteiger partial charge in [-0.05, 0) is 24.3 Å². The van der Waals surface area contributed by atoms with Crippen LogP contribution in [0.25, 0.3) is 0 Å². The molecule has 0 aliphatic rings. The number of carbonyl (C=O) groups is 1. The Morgan fingerprint density at radius 1 is 1.47 bits per heavy atom. The first-order valence-corrected chi connectivity index (χ1v) is 4.54. The molecule has 0 unspecified atom stereocenters. The number of hydrogen-bond donors (Lipinski definition) is 0. The molecule has 1 rings (SSSR count). The fraction of sp³-hybridized carbons (Fsp3) is 0.273. The lowest BCUT2D eigenvalue weighted by Crippen LogP contribution is -2.04. The van der Waals surface area contributed by atoms with E-state index in [-0.39, 0.29) is 12.2 Å². The highest BCUT2D eigenvalue weighted by Gasteiger charge is 2.05. The molecule has 0 radical (unpaired) electrons. The predicted octanol–water partition coefficient (Wildman–Crippen LogP) is 1.48. The van der Waals surface area contributed by atoms with Gasteiger partial charge in [0.25, 0.3) is 0 Å². The number of hydrogen-bond acceptors (Lipinski definition) is 3. The van der Waals surface area contributed by atoms with Gasteiger partial charge in [0.05, 0.1) is 13.5 Å². The molecule has 80 valence electrons. The molecule has 0 saturated heterocycles. The molecule has 4 nitrogen and oxygen atoms in total. The highest BCUT2D eigenvalue weighted by molar-refractivity contribution is 6.02. The highest BCUT2D eigenvalue weighted by atomic mass is 16.5. The zero-order chi connectivity index (χ0) is 11.3. The molecule has 0 aliphatic heterocycles. The molecule has 4 heteroatoms. The second-order valence-corrected chi connectivity index (χ2v) is 3.08. The number of Topliss-reactive ketones (excluding diaryl/α,β-unsaturated/α-hetero) is 1. The monoisotopic (exact) mass is 207 g/mol. The van der Waals surface area contributed by atoms with E-state index in [1.807, 2.05) is 0 Å². The van der Waals surface area contributed by atoms with E-state index in [1.165, 1.54) is 13.3 Å². The van der Waals surface area contributed by atoms with E-state index >= 15 is 0 Å². The van der Waals surface area contributed by atoms with Crippen LogP contribution in [0.2, 0.25) is 0 Å². The molecule has 0 amide bonds. The van der Waals surface area contributed by atoms with Crippen molar-refractivity contribution in [3.05, 3.63) is 35.0 Å². The molecular weight excluding hydrogens is 194 g/mol. The first-order chi connectivity index (χ1) is 7.13. The Balaban J connectivity index is 2.70. The van der Waals surface area contributed by atoms with E-state index in [0.717, 1.165) is 0 Å². The molecule has 15 heavy (non-hydrogen) atoms. The first kappa shape index (κ1) is 11.2. The minimum Gasteiger partial charge on any atom is -0.624 e. The molecule has 0 spiro atoms. The van der Waals surface area contributed by atoms with Gasteiger partial charge in [0.1, 0.15) is 12.8 Å². The average Bonchev–Trinajstić information content (AvgIpc) is 2.26. The van der Waals surface area contributed by atoms with Gasteiger partial charge in [0, 0.05) is 5.56 Å². The second-order valence-electron chi connectivity index (χ2n) is 3.08. The quantitative estimate of drug-likeness (QED) is 0.247. The van der Waals surface area contributed by atoms with Gasteiger partial charge in [-0.15, -0.1) is 0 Å². The summed E-state index contributed by atoms with van der Waals surface area (Å²) >= 11 is 0. The lowest BCUT2D eigenvalue weighted by Gasteiger charge is -2.01. The third-order valence-electron chi connectivity index (χ3n) is 1.95. The Morgan fingerprint density at radius 3 is 2.53 bits per heavy atom. The highest BCUT2D eigenvalue weighted by Crippen LogP contribution is 2.12. The van der Waals surface area contributed by atoms with Gasteiger partial charge in [-0.25, -0.2) is 4.74 Å². The third kappa shape index (κ3) is 3.42. The molecule has 0 atom stereocenters. The average molecular weight is 207 g/mol. The van der Waals surface area contributed by atoms with Crippen LogP contribution in [0.5, 0.6) is 5.75 Å². The van der Waals surface area contributed by atoms with Crippen LogP contribution in [0, 0.1) is 5.21 Å². The standard InChI is InChI=1S/C11H13NO3/c1-12(14)8-7-11(13)9-3-5-10(15-2)6-4-9/h3-6,8H,7H2,1-2H3/b12-8-. The summed E-state index contributed by atoms with van der Waals surface area (Å²) in [5, 5.41) is 10.6. The number of hydroxylamine groups is 1. The fourth-order valence-corrected chi connectivity index (χ4v) is 1.11. The van der Waals surface area contributed by atoms with Gasteiger partial charge in [-0.2, -0.15) is 0 Å². The molecule has 1 aromatic rings. The van der Waals surface area contributed by atoms with Gasteiger partial charge in [-0.1, -0.05) is 0 Å². The summed E-state index contributed by atoms with van der Waals surface area (Å²) in [6.07, 6.45) is 1.42. The van der Waals surface area contributed by atoms with Crippen molar-refractivity contribution in [3.8, 4) is 5.75 Å². The van der Waals surface area contributed by atoms with E-state index in [2.05, 4.69) is 0 Å². The molecule has 0 aliphatic carbocycles. The molecule has 0 saturated carbocycles. The Hall–Kier alpha value is -1.84. The molecule has 1 aromatic carbocycles. The van der Waals surface area contributed by atoms with Crippen molar-refractivity contribution in [2.24, 2.45) is 0 Å². The molecule has 0 fully saturated rings. The maximum absolute atomic E-state index is 11.5. The van der Waals surface area contributed by atoms with Crippen LogP contribution in [0.15, 0.2) is 24.3 Å². The van der Waals surface area contributed by atoms with E-state index in [4.69, 9.17) is 4.74 Å². The topological polar surface area (TPSA) is 52.4 Å².